The molecule has 1 aromatic carbocycles. The van der Waals surface area contributed by atoms with Gasteiger partial charge in [-0.15, -0.1) is 16.9 Å². The lowest BCUT2D eigenvalue weighted by atomic mass is 10.0. The van der Waals surface area contributed by atoms with Gasteiger partial charge in [-0.3, -0.25) is 0 Å². The Morgan fingerprint density at radius 3 is 3.05 bits per heavy atom. The minimum atomic E-state index is 0.0750. The van der Waals surface area contributed by atoms with Gasteiger partial charge in [-0.1, -0.05) is 17.7 Å². The maximum Gasteiger partial charge on any atom is 0.237 e. The molecule has 1 atom stereocenters. The van der Waals surface area contributed by atoms with Crippen molar-refractivity contribution in [2.75, 3.05) is 17.6 Å². The molecule has 0 aliphatic carbocycles. The Morgan fingerprint density at radius 1 is 1.50 bits per heavy atom. The Labute approximate surface area is 127 Å². The van der Waals surface area contributed by atoms with Gasteiger partial charge in [0, 0.05) is 24.4 Å². The first-order valence-corrected chi connectivity index (χ1v) is 7.88. The van der Waals surface area contributed by atoms with Crippen molar-refractivity contribution in [2.45, 2.75) is 12.2 Å². The van der Waals surface area contributed by atoms with Crippen LogP contribution in [0.1, 0.15) is 21.9 Å². The highest BCUT2D eigenvalue weighted by Gasteiger charge is 2.29. The second-order valence-corrected chi connectivity index (χ2v) is 6.54. The van der Waals surface area contributed by atoms with Crippen molar-refractivity contribution in [3.05, 3.63) is 39.9 Å². The number of nitrogens with one attached hydrogen (secondary N) is 1. The van der Waals surface area contributed by atoms with E-state index in [0.717, 1.165) is 34.3 Å². The summed E-state index contributed by atoms with van der Waals surface area (Å²) < 4.78 is 1.70. The molecule has 1 aliphatic rings. The molecule has 2 N–H and O–H groups in total. The molecular formula is C14H16ClN3OS. The summed E-state index contributed by atoms with van der Waals surface area (Å²) in [4.78, 5) is 0. The summed E-state index contributed by atoms with van der Waals surface area (Å²) in [5.74, 6) is 1.97. The number of aryl methyl sites for hydroxylation is 2. The summed E-state index contributed by atoms with van der Waals surface area (Å²) in [7, 11) is 1.84. The highest BCUT2D eigenvalue weighted by atomic mass is 35.5. The predicted octanol–water partition coefficient (Wildman–Crippen LogP) is 3.34. The number of aromatic hydroxyl groups is 1. The summed E-state index contributed by atoms with van der Waals surface area (Å²) >= 11 is 7.85. The summed E-state index contributed by atoms with van der Waals surface area (Å²) in [6, 6.07) is 5.90. The molecule has 106 valence electrons. The van der Waals surface area contributed by atoms with E-state index in [1.54, 1.807) is 4.68 Å². The molecule has 3 rings (SSSR count). The van der Waals surface area contributed by atoms with Crippen LogP contribution in [-0.4, -0.2) is 27.2 Å². The number of hydrogen-bond acceptors (Lipinski definition) is 4. The topological polar surface area (TPSA) is 50.1 Å². The Balaban J connectivity index is 2.14. The number of aromatic nitrogens is 2. The quantitative estimate of drug-likeness (QED) is 0.848. The van der Waals surface area contributed by atoms with Crippen molar-refractivity contribution < 1.29 is 5.11 Å². The standard InChI is InChI=1S/C14H16ClN3OS/c1-8-7-9(15)3-4-10(8)12-11-13(16-5-6-20-12)18(2)17-14(11)19/h3-4,7,12,16H,5-6H2,1-2H3,(H,17,19). The zero-order chi connectivity index (χ0) is 14.3. The van der Waals surface area contributed by atoms with Crippen LogP contribution in [0.4, 0.5) is 5.82 Å². The first-order valence-electron chi connectivity index (χ1n) is 6.45. The molecule has 1 unspecified atom stereocenters. The number of benzene rings is 1. The van der Waals surface area contributed by atoms with E-state index in [0.29, 0.717) is 0 Å². The molecule has 0 radical (unpaired) electrons. The first kappa shape index (κ1) is 13.6. The lowest BCUT2D eigenvalue weighted by Crippen LogP contribution is -2.06. The van der Waals surface area contributed by atoms with Crippen LogP contribution < -0.4 is 5.32 Å². The highest BCUT2D eigenvalue weighted by Crippen LogP contribution is 2.46. The number of fused-ring (bicyclic) bond motifs is 1. The molecule has 1 aromatic heterocycles. The van der Waals surface area contributed by atoms with Crippen LogP contribution in [0.15, 0.2) is 18.2 Å². The Kier molecular flexibility index (Phi) is 3.56. The molecule has 0 spiro atoms. The SMILES string of the molecule is Cc1cc(Cl)ccc1C1SCCNc2c1c(O)nn2C. The lowest BCUT2D eigenvalue weighted by molar-refractivity contribution is 0.439. The fraction of sp³-hybridized carbons (Fsp3) is 0.357. The number of halogens is 1. The molecule has 2 aromatic rings. The van der Waals surface area contributed by atoms with E-state index in [9.17, 15) is 5.11 Å². The monoisotopic (exact) mass is 309 g/mol. The third kappa shape index (κ3) is 2.25. The van der Waals surface area contributed by atoms with Gasteiger partial charge in [-0.05, 0) is 30.2 Å². The van der Waals surface area contributed by atoms with Crippen LogP contribution in [0.3, 0.4) is 0 Å². The summed E-state index contributed by atoms with van der Waals surface area (Å²) in [6.07, 6.45) is 0. The minimum absolute atomic E-state index is 0.0750. The number of nitrogens with zero attached hydrogens (tertiary/aromatic N) is 2. The number of thioether (sulfide) groups is 1. The smallest absolute Gasteiger partial charge is 0.237 e. The third-order valence-corrected chi connectivity index (χ3v) is 5.02. The molecule has 0 fully saturated rings. The zero-order valence-corrected chi connectivity index (χ0v) is 12.9. The second kappa shape index (κ2) is 5.22. The summed E-state index contributed by atoms with van der Waals surface area (Å²) in [5, 5.41) is 18.4. The normalized spacial score (nSPS) is 18.2. The number of anilines is 1. The average molecular weight is 310 g/mol. The van der Waals surface area contributed by atoms with E-state index in [1.165, 1.54) is 5.56 Å². The maximum atomic E-state index is 10.2. The Bertz CT molecular complexity index is 656. The molecule has 2 heterocycles. The molecule has 0 saturated carbocycles. The Morgan fingerprint density at radius 2 is 2.30 bits per heavy atom. The van der Waals surface area contributed by atoms with Crippen LogP contribution in [0.25, 0.3) is 0 Å². The van der Waals surface area contributed by atoms with Crippen molar-refractivity contribution in [1.29, 1.82) is 0 Å². The number of rotatable bonds is 1. The second-order valence-electron chi connectivity index (χ2n) is 4.89. The minimum Gasteiger partial charge on any atom is -0.492 e. The van der Waals surface area contributed by atoms with Crippen molar-refractivity contribution in [2.24, 2.45) is 7.05 Å². The van der Waals surface area contributed by atoms with Crippen molar-refractivity contribution in [1.82, 2.24) is 9.78 Å². The Hall–Kier alpha value is -1.33. The largest absolute Gasteiger partial charge is 0.492 e. The molecule has 0 saturated heterocycles. The predicted molar refractivity (Wildman–Crippen MR) is 83.9 cm³/mol. The number of hydrogen-bond donors (Lipinski definition) is 2. The van der Waals surface area contributed by atoms with E-state index in [-0.39, 0.29) is 11.1 Å². The van der Waals surface area contributed by atoms with Gasteiger partial charge in [0.2, 0.25) is 5.88 Å². The summed E-state index contributed by atoms with van der Waals surface area (Å²) in [5.41, 5.74) is 3.17. The van der Waals surface area contributed by atoms with Gasteiger partial charge in [0.15, 0.2) is 0 Å². The van der Waals surface area contributed by atoms with Gasteiger partial charge >= 0.3 is 0 Å². The molecule has 0 amide bonds. The van der Waals surface area contributed by atoms with Gasteiger partial charge in [-0.2, -0.15) is 0 Å². The molecule has 0 bridgehead atoms. The van der Waals surface area contributed by atoms with Crippen LogP contribution in [0, 0.1) is 6.92 Å². The molecular weight excluding hydrogens is 294 g/mol. The van der Waals surface area contributed by atoms with Crippen molar-refractivity contribution in [3.63, 3.8) is 0 Å². The average Bonchev–Trinajstić information content (AvgIpc) is 2.58. The van der Waals surface area contributed by atoms with Gasteiger partial charge in [-0.25, -0.2) is 4.68 Å². The molecule has 20 heavy (non-hydrogen) atoms. The van der Waals surface area contributed by atoms with Crippen molar-refractivity contribution in [3.8, 4) is 5.88 Å². The summed E-state index contributed by atoms with van der Waals surface area (Å²) in [6.45, 7) is 2.91. The van der Waals surface area contributed by atoms with E-state index in [2.05, 4.69) is 10.4 Å². The fourth-order valence-corrected chi connectivity index (χ4v) is 4.10. The zero-order valence-electron chi connectivity index (χ0n) is 11.4. The van der Waals surface area contributed by atoms with Crippen LogP contribution in [0.2, 0.25) is 5.02 Å². The maximum absolute atomic E-state index is 10.2. The van der Waals surface area contributed by atoms with Gasteiger partial charge in [0.1, 0.15) is 5.82 Å². The lowest BCUT2D eigenvalue weighted by Gasteiger charge is -2.17. The molecule has 6 heteroatoms. The van der Waals surface area contributed by atoms with E-state index in [4.69, 9.17) is 11.6 Å². The van der Waals surface area contributed by atoms with Gasteiger partial charge in [0.05, 0.1) is 10.8 Å². The van der Waals surface area contributed by atoms with E-state index >= 15 is 0 Å². The highest BCUT2D eigenvalue weighted by molar-refractivity contribution is 7.99. The van der Waals surface area contributed by atoms with Crippen molar-refractivity contribution >= 4 is 29.2 Å². The third-order valence-electron chi connectivity index (χ3n) is 3.52. The van der Waals surface area contributed by atoms with Gasteiger partial charge < -0.3 is 10.4 Å². The van der Waals surface area contributed by atoms with Crippen LogP contribution in [-0.2, 0) is 7.05 Å². The first-order chi connectivity index (χ1) is 9.58. The molecule has 1 aliphatic heterocycles. The fourth-order valence-electron chi connectivity index (χ4n) is 2.59. The van der Waals surface area contributed by atoms with Gasteiger partial charge in [0.25, 0.3) is 0 Å². The molecule has 4 nitrogen and oxygen atoms in total. The van der Waals surface area contributed by atoms with Crippen LogP contribution in [0.5, 0.6) is 5.88 Å². The van der Waals surface area contributed by atoms with Crippen LogP contribution >= 0.6 is 23.4 Å². The van der Waals surface area contributed by atoms with E-state index in [1.807, 2.05) is 43.9 Å². The van der Waals surface area contributed by atoms with E-state index < -0.39 is 0 Å².